The van der Waals surface area contributed by atoms with E-state index in [2.05, 4.69) is 0 Å². The van der Waals surface area contributed by atoms with Crippen molar-refractivity contribution in [3.8, 4) is 11.1 Å². The first kappa shape index (κ1) is 33.9. The summed E-state index contributed by atoms with van der Waals surface area (Å²) in [5.74, 6) is -3.48. The van der Waals surface area contributed by atoms with E-state index in [9.17, 15) is 45.1 Å². The maximum atomic E-state index is 13.9. The Kier molecular flexibility index (Phi) is 8.78. The third-order valence-electron chi connectivity index (χ3n) is 7.25. The van der Waals surface area contributed by atoms with Crippen LogP contribution in [0.1, 0.15) is 63.7 Å². The number of hydrogen-bond acceptors (Lipinski definition) is 10. The van der Waals surface area contributed by atoms with Gasteiger partial charge >= 0.3 is 0 Å². The van der Waals surface area contributed by atoms with Crippen LogP contribution in [0.4, 0.5) is 11.4 Å². The second kappa shape index (κ2) is 11.4. The van der Waals surface area contributed by atoms with Crippen LogP contribution in [0.5, 0.6) is 0 Å². The summed E-state index contributed by atoms with van der Waals surface area (Å²) in [4.78, 5) is 52.9. The fraction of sp³-hybridized carbons (Fsp3) is 0. The zero-order valence-corrected chi connectivity index (χ0v) is 28.5. The molecule has 12 nitrogen and oxygen atoms in total. The third kappa shape index (κ3) is 4.91. The minimum Gasteiger partial charge on any atom is -0.397 e. The Balaban J connectivity index is 0.00000221. The Morgan fingerprint density at radius 2 is 0.705 bits per heavy atom. The van der Waals surface area contributed by atoms with E-state index in [-0.39, 0.29) is 81.4 Å². The van der Waals surface area contributed by atoms with Crippen LogP contribution in [0.2, 0.25) is 0 Å². The van der Waals surface area contributed by atoms with Crippen LogP contribution in [0, 0.1) is 0 Å². The first-order chi connectivity index (χ1) is 19.6. The van der Waals surface area contributed by atoms with Crippen molar-refractivity contribution in [1.82, 2.24) is 0 Å². The van der Waals surface area contributed by atoms with Crippen LogP contribution in [0.25, 0.3) is 11.1 Å². The van der Waals surface area contributed by atoms with Gasteiger partial charge in [-0.15, -0.1) is 0 Å². The van der Waals surface area contributed by atoms with Gasteiger partial charge in [-0.05, 0) is 23.3 Å². The summed E-state index contributed by atoms with van der Waals surface area (Å²) in [6.07, 6.45) is 0. The average Bonchev–Trinajstić information content (AvgIpc) is 2.93. The molecule has 4 aromatic rings. The number of nitrogens with two attached hydrogens (primary N) is 2. The molecule has 0 amide bonds. The molecule has 2 radical (unpaired) electrons. The van der Waals surface area contributed by atoms with Gasteiger partial charge in [-0.1, -0.05) is 48.5 Å². The van der Waals surface area contributed by atoms with E-state index in [1.54, 1.807) is 0 Å². The summed E-state index contributed by atoms with van der Waals surface area (Å²) in [5, 5.41) is 0. The molecule has 0 saturated heterocycles. The molecule has 0 fully saturated rings. The summed E-state index contributed by atoms with van der Waals surface area (Å²) in [6.45, 7) is 0. The smallest absolute Gasteiger partial charge is 0.296 e. The molecular formula is C28H16N2Na2O10S2. The number of hydrogen-bond donors (Lipinski definition) is 4. The summed E-state index contributed by atoms with van der Waals surface area (Å²) in [6, 6.07) is 12.5. The minimum absolute atomic E-state index is 0. The molecule has 212 valence electrons. The van der Waals surface area contributed by atoms with Crippen LogP contribution in [-0.4, -0.2) is 108 Å². The fourth-order valence-electron chi connectivity index (χ4n) is 5.44. The molecule has 16 heteroatoms. The number of anilines is 2. The quantitative estimate of drug-likeness (QED) is 0.122. The van der Waals surface area contributed by atoms with Crippen molar-refractivity contribution in [3.05, 3.63) is 105 Å². The van der Waals surface area contributed by atoms with Crippen molar-refractivity contribution in [3.63, 3.8) is 0 Å². The first-order valence-electron chi connectivity index (χ1n) is 11.9. The predicted octanol–water partition coefficient (Wildman–Crippen LogP) is 1.80. The number of carbonyl (C=O) groups excluding carboxylic acids is 4. The number of rotatable bonds is 3. The molecular weight excluding hydrogens is 634 g/mol. The van der Waals surface area contributed by atoms with Crippen molar-refractivity contribution in [2.24, 2.45) is 0 Å². The molecule has 0 saturated carbocycles. The largest absolute Gasteiger partial charge is 0.397 e. The van der Waals surface area contributed by atoms with E-state index in [1.165, 1.54) is 48.5 Å². The Bertz CT molecular complexity index is 2090. The van der Waals surface area contributed by atoms with Crippen LogP contribution >= 0.6 is 0 Å². The SMILES string of the molecule is Nc1c(S(=O)(=O)O)cc(-c2cc(S(=O)(=O)O)c(N)c3c2C(=O)c2ccccc2C3=O)c2c1C(=O)c1ccccc1C2=O.[Na].[Na]. The Hall–Kier alpha value is -3.02. The standard InChI is InChI=1S/C28H16N2O10S2.2Na/c29-23-17(41(35,36)37)9-15(19-21(23)27(33)13-7-3-1-5-11(13)25(19)31)16-10-18(42(38,39)40)24(30)22-20(16)26(32)12-6-2-4-8-14(12)28(22)34;;/h1-10H,29-30H2,(H,35,36,37)(H,38,39,40);;. The Labute approximate surface area is 293 Å². The van der Waals surface area contributed by atoms with Gasteiger partial charge in [0.1, 0.15) is 9.79 Å². The van der Waals surface area contributed by atoms with E-state index in [1.807, 2.05) is 0 Å². The molecule has 44 heavy (non-hydrogen) atoms. The van der Waals surface area contributed by atoms with Gasteiger partial charge in [-0.2, -0.15) is 16.8 Å². The summed E-state index contributed by atoms with van der Waals surface area (Å²) >= 11 is 0. The molecule has 0 aliphatic heterocycles. The van der Waals surface area contributed by atoms with E-state index >= 15 is 0 Å². The molecule has 0 spiro atoms. The van der Waals surface area contributed by atoms with Gasteiger partial charge in [0.2, 0.25) is 0 Å². The molecule has 0 atom stereocenters. The number of fused-ring (bicyclic) bond motifs is 4. The van der Waals surface area contributed by atoms with E-state index < -0.39 is 97.9 Å². The van der Waals surface area contributed by atoms with E-state index in [0.29, 0.717) is 12.1 Å². The van der Waals surface area contributed by atoms with Crippen LogP contribution in [0.15, 0.2) is 70.5 Å². The number of nitrogen functional groups attached to an aromatic ring is 2. The number of carbonyl (C=O) groups is 4. The number of ketones is 4. The molecule has 2 aliphatic carbocycles. The molecule has 0 bridgehead atoms. The molecule has 0 heterocycles. The Morgan fingerprint density at radius 1 is 0.455 bits per heavy atom. The average molecular weight is 651 g/mol. The third-order valence-corrected chi connectivity index (χ3v) is 9.03. The zero-order chi connectivity index (χ0) is 30.5. The van der Waals surface area contributed by atoms with Gasteiger partial charge in [0.05, 0.1) is 22.5 Å². The summed E-state index contributed by atoms with van der Waals surface area (Å²) in [7, 11) is -10.4. The molecule has 4 aromatic carbocycles. The topological polar surface area (TPSA) is 229 Å². The zero-order valence-electron chi connectivity index (χ0n) is 22.9. The summed E-state index contributed by atoms with van der Waals surface area (Å²) < 4.78 is 69.6. The van der Waals surface area contributed by atoms with Crippen LogP contribution in [0.3, 0.4) is 0 Å². The maximum absolute atomic E-state index is 13.9. The van der Waals surface area contributed by atoms with E-state index in [4.69, 9.17) is 11.5 Å². The molecule has 0 aromatic heterocycles. The summed E-state index contributed by atoms with van der Waals surface area (Å²) in [5.41, 5.74) is 6.71. The first-order valence-corrected chi connectivity index (χ1v) is 14.8. The van der Waals surface area contributed by atoms with Gasteiger partial charge in [-0.25, -0.2) is 0 Å². The Morgan fingerprint density at radius 3 is 0.955 bits per heavy atom. The number of benzene rings is 4. The van der Waals surface area contributed by atoms with Gasteiger partial charge in [-0.3, -0.25) is 28.3 Å². The molecule has 6 rings (SSSR count). The van der Waals surface area contributed by atoms with Crippen molar-refractivity contribution in [1.29, 1.82) is 0 Å². The molecule has 2 aliphatic rings. The van der Waals surface area contributed by atoms with Crippen molar-refractivity contribution >= 4 is 114 Å². The normalized spacial score (nSPS) is 13.6. The van der Waals surface area contributed by atoms with Gasteiger partial charge in [0.25, 0.3) is 20.2 Å². The van der Waals surface area contributed by atoms with Crippen molar-refractivity contribution in [2.45, 2.75) is 9.79 Å². The van der Waals surface area contributed by atoms with Crippen LogP contribution in [-0.2, 0) is 20.2 Å². The van der Waals surface area contributed by atoms with Gasteiger partial charge < -0.3 is 11.5 Å². The van der Waals surface area contributed by atoms with Gasteiger partial charge in [0, 0.05) is 92.5 Å². The maximum Gasteiger partial charge on any atom is 0.296 e. The van der Waals surface area contributed by atoms with Crippen molar-refractivity contribution in [2.75, 3.05) is 11.5 Å². The van der Waals surface area contributed by atoms with E-state index in [0.717, 1.165) is 0 Å². The molecule has 0 unspecified atom stereocenters. The monoisotopic (exact) mass is 650 g/mol. The molecule has 6 N–H and O–H groups in total. The van der Waals surface area contributed by atoms with Crippen molar-refractivity contribution < 1.29 is 45.1 Å². The minimum atomic E-state index is -5.19. The van der Waals surface area contributed by atoms with Gasteiger partial charge in [0.15, 0.2) is 23.1 Å². The predicted molar refractivity (Wildman–Crippen MR) is 158 cm³/mol. The second-order valence-electron chi connectivity index (χ2n) is 9.53. The fourth-order valence-corrected chi connectivity index (χ4v) is 6.73. The van der Waals surface area contributed by atoms with Crippen LogP contribution < -0.4 is 11.5 Å². The second-order valence-corrected chi connectivity index (χ2v) is 12.3.